The summed E-state index contributed by atoms with van der Waals surface area (Å²) in [7, 11) is 0. The number of nitrogens with zero attached hydrogens (tertiary/aromatic N) is 1. The lowest BCUT2D eigenvalue weighted by Gasteiger charge is -2.04. The molecule has 0 fully saturated rings. The van der Waals surface area contributed by atoms with Crippen molar-refractivity contribution >= 4 is 17.8 Å². The molecule has 0 atom stereocenters. The Labute approximate surface area is 121 Å². The number of rotatable bonds is 5. The maximum atomic E-state index is 12.7. The number of anilines is 1. The lowest BCUT2D eigenvalue weighted by atomic mass is 10.2. The summed E-state index contributed by atoms with van der Waals surface area (Å²) in [4.78, 5) is 11.5. The van der Waals surface area contributed by atoms with Crippen LogP contribution < -0.4 is 10.7 Å². The van der Waals surface area contributed by atoms with Crippen LogP contribution in [0.3, 0.4) is 0 Å². The first-order valence-electron chi connectivity index (χ1n) is 6.24. The van der Waals surface area contributed by atoms with Crippen molar-refractivity contribution in [2.45, 2.75) is 0 Å². The third-order valence-corrected chi connectivity index (χ3v) is 2.59. The highest BCUT2D eigenvalue weighted by molar-refractivity contribution is 5.84. The van der Waals surface area contributed by atoms with E-state index in [-0.39, 0.29) is 24.0 Å². The van der Waals surface area contributed by atoms with Gasteiger partial charge < -0.3 is 10.4 Å². The number of nitrogens with one attached hydrogen (secondary N) is 2. The monoisotopic (exact) mass is 287 g/mol. The van der Waals surface area contributed by atoms with Crippen molar-refractivity contribution in [2.24, 2.45) is 5.10 Å². The minimum atomic E-state index is -0.330. The fourth-order valence-electron chi connectivity index (χ4n) is 1.53. The minimum Gasteiger partial charge on any atom is -0.508 e. The maximum absolute atomic E-state index is 12.7. The molecule has 0 saturated heterocycles. The Morgan fingerprint density at radius 2 is 1.81 bits per heavy atom. The van der Waals surface area contributed by atoms with Crippen molar-refractivity contribution in [2.75, 3.05) is 11.9 Å². The normalized spacial score (nSPS) is 10.5. The van der Waals surface area contributed by atoms with E-state index < -0.39 is 0 Å². The molecule has 0 saturated carbocycles. The van der Waals surface area contributed by atoms with Crippen molar-refractivity contribution in [3.8, 4) is 5.75 Å². The summed E-state index contributed by atoms with van der Waals surface area (Å²) in [6.45, 7) is 0.0263. The SMILES string of the molecule is O=C(CNc1ccc(F)cc1)NN=Cc1ccc(O)cc1. The molecule has 6 heteroatoms. The molecule has 21 heavy (non-hydrogen) atoms. The molecular weight excluding hydrogens is 273 g/mol. The van der Waals surface area contributed by atoms with Gasteiger partial charge in [-0.25, -0.2) is 9.82 Å². The van der Waals surface area contributed by atoms with E-state index in [1.54, 1.807) is 24.3 Å². The Kier molecular flexibility index (Phi) is 4.87. The lowest BCUT2D eigenvalue weighted by molar-refractivity contribution is -0.119. The Morgan fingerprint density at radius 3 is 2.48 bits per heavy atom. The summed E-state index contributed by atoms with van der Waals surface area (Å²) in [5.74, 6) is -0.488. The van der Waals surface area contributed by atoms with Crippen LogP contribution in [-0.4, -0.2) is 23.8 Å². The van der Waals surface area contributed by atoms with E-state index in [1.807, 2.05) is 0 Å². The Hall–Kier alpha value is -2.89. The fourth-order valence-corrected chi connectivity index (χ4v) is 1.53. The van der Waals surface area contributed by atoms with Gasteiger partial charge in [-0.2, -0.15) is 5.10 Å². The number of phenolic OH excluding ortho intramolecular Hbond substituents is 1. The van der Waals surface area contributed by atoms with E-state index >= 15 is 0 Å². The molecule has 1 amide bonds. The lowest BCUT2D eigenvalue weighted by Crippen LogP contribution is -2.25. The molecule has 108 valence electrons. The highest BCUT2D eigenvalue weighted by atomic mass is 19.1. The molecule has 2 aromatic rings. The van der Waals surface area contributed by atoms with Crippen LogP contribution in [0.25, 0.3) is 0 Å². The van der Waals surface area contributed by atoms with Gasteiger partial charge in [0.25, 0.3) is 5.91 Å². The summed E-state index contributed by atoms with van der Waals surface area (Å²) < 4.78 is 12.7. The van der Waals surface area contributed by atoms with Crippen LogP contribution in [0.5, 0.6) is 5.75 Å². The van der Waals surface area contributed by atoms with E-state index in [9.17, 15) is 9.18 Å². The largest absolute Gasteiger partial charge is 0.508 e. The summed E-state index contributed by atoms with van der Waals surface area (Å²) in [6, 6.07) is 12.1. The molecule has 0 radical (unpaired) electrons. The highest BCUT2D eigenvalue weighted by Crippen LogP contribution is 2.08. The van der Waals surface area contributed by atoms with Gasteiger partial charge in [-0.3, -0.25) is 4.79 Å². The predicted octanol–water partition coefficient (Wildman–Crippen LogP) is 2.09. The molecule has 0 bridgehead atoms. The number of amides is 1. The minimum absolute atomic E-state index is 0.0263. The molecule has 0 heterocycles. The average molecular weight is 287 g/mol. The van der Waals surface area contributed by atoms with Crippen LogP contribution in [0.2, 0.25) is 0 Å². The van der Waals surface area contributed by atoms with Crippen LogP contribution in [0.4, 0.5) is 10.1 Å². The van der Waals surface area contributed by atoms with Gasteiger partial charge in [-0.1, -0.05) is 0 Å². The Balaban J connectivity index is 1.77. The van der Waals surface area contributed by atoms with Crippen LogP contribution >= 0.6 is 0 Å². The van der Waals surface area contributed by atoms with E-state index in [2.05, 4.69) is 15.8 Å². The predicted molar refractivity (Wildman–Crippen MR) is 78.7 cm³/mol. The number of hydrazone groups is 1. The van der Waals surface area contributed by atoms with E-state index in [0.29, 0.717) is 5.69 Å². The highest BCUT2D eigenvalue weighted by Gasteiger charge is 1.99. The molecule has 0 spiro atoms. The van der Waals surface area contributed by atoms with Gasteiger partial charge in [-0.05, 0) is 54.1 Å². The molecule has 0 unspecified atom stereocenters. The third kappa shape index (κ3) is 4.94. The van der Waals surface area contributed by atoms with Crippen molar-refractivity contribution < 1.29 is 14.3 Å². The molecule has 5 nitrogen and oxygen atoms in total. The van der Waals surface area contributed by atoms with Crippen molar-refractivity contribution in [1.82, 2.24) is 5.43 Å². The molecule has 2 aromatic carbocycles. The Morgan fingerprint density at radius 1 is 1.14 bits per heavy atom. The van der Waals surface area contributed by atoms with Gasteiger partial charge in [0.2, 0.25) is 0 Å². The first-order valence-corrected chi connectivity index (χ1v) is 6.24. The summed E-state index contributed by atoms with van der Waals surface area (Å²) >= 11 is 0. The zero-order valence-electron chi connectivity index (χ0n) is 11.1. The molecule has 3 N–H and O–H groups in total. The zero-order valence-corrected chi connectivity index (χ0v) is 11.1. The number of phenols is 1. The number of hydrogen-bond acceptors (Lipinski definition) is 4. The van der Waals surface area contributed by atoms with E-state index in [0.717, 1.165) is 5.56 Å². The van der Waals surface area contributed by atoms with E-state index in [4.69, 9.17) is 5.11 Å². The van der Waals surface area contributed by atoms with Crippen LogP contribution in [0, 0.1) is 5.82 Å². The standard InChI is InChI=1S/C15H14FN3O2/c16-12-3-5-13(6-4-12)17-10-15(21)19-18-9-11-1-7-14(20)8-2-11/h1-9,17,20H,10H2,(H,19,21). The smallest absolute Gasteiger partial charge is 0.259 e. The van der Waals surface area contributed by atoms with Gasteiger partial charge >= 0.3 is 0 Å². The number of hydrogen-bond donors (Lipinski definition) is 3. The van der Waals surface area contributed by atoms with Crippen LogP contribution in [-0.2, 0) is 4.79 Å². The second kappa shape index (κ2) is 7.04. The average Bonchev–Trinajstić information content (AvgIpc) is 2.49. The molecule has 0 aromatic heterocycles. The molecule has 0 aliphatic heterocycles. The number of benzene rings is 2. The molecule has 2 rings (SSSR count). The first kappa shape index (κ1) is 14.5. The van der Waals surface area contributed by atoms with Crippen LogP contribution in [0.15, 0.2) is 53.6 Å². The second-order valence-electron chi connectivity index (χ2n) is 4.25. The van der Waals surface area contributed by atoms with Crippen molar-refractivity contribution in [3.05, 3.63) is 59.9 Å². The third-order valence-electron chi connectivity index (χ3n) is 2.59. The number of aromatic hydroxyl groups is 1. The molecule has 0 aliphatic carbocycles. The van der Waals surface area contributed by atoms with Crippen molar-refractivity contribution in [3.63, 3.8) is 0 Å². The summed E-state index contributed by atoms with van der Waals surface area (Å²) in [5.41, 5.74) is 3.76. The zero-order chi connectivity index (χ0) is 15.1. The number of halogens is 1. The van der Waals surface area contributed by atoms with Gasteiger partial charge in [0.05, 0.1) is 12.8 Å². The fraction of sp³-hybridized carbons (Fsp3) is 0.0667. The first-order chi connectivity index (χ1) is 10.1. The quantitative estimate of drug-likeness (QED) is 0.582. The van der Waals surface area contributed by atoms with E-state index in [1.165, 1.54) is 30.5 Å². The van der Waals surface area contributed by atoms with Gasteiger partial charge in [0, 0.05) is 5.69 Å². The van der Waals surface area contributed by atoms with Gasteiger partial charge in [-0.15, -0.1) is 0 Å². The summed E-state index contributed by atoms with van der Waals surface area (Å²) in [5, 5.41) is 15.8. The number of carbonyl (C=O) groups is 1. The molecular formula is C15H14FN3O2. The number of carbonyl (C=O) groups excluding carboxylic acids is 1. The van der Waals surface area contributed by atoms with Crippen LogP contribution in [0.1, 0.15) is 5.56 Å². The Bertz CT molecular complexity index is 624. The molecule has 0 aliphatic rings. The second-order valence-corrected chi connectivity index (χ2v) is 4.25. The maximum Gasteiger partial charge on any atom is 0.259 e. The summed E-state index contributed by atoms with van der Waals surface area (Å²) in [6.07, 6.45) is 1.47. The van der Waals surface area contributed by atoms with Gasteiger partial charge in [0.1, 0.15) is 11.6 Å². The van der Waals surface area contributed by atoms with Gasteiger partial charge in [0.15, 0.2) is 0 Å². The topological polar surface area (TPSA) is 73.7 Å². The van der Waals surface area contributed by atoms with Crippen molar-refractivity contribution in [1.29, 1.82) is 0 Å².